The number of hydrogen-bond donors (Lipinski definition) is 1. The molecular formula is C14H19N. The van der Waals surface area contributed by atoms with Gasteiger partial charge in [0.05, 0.1) is 0 Å². The van der Waals surface area contributed by atoms with Crippen LogP contribution in [-0.2, 0) is 0 Å². The lowest BCUT2D eigenvalue weighted by Gasteiger charge is -2.24. The van der Waals surface area contributed by atoms with Gasteiger partial charge in [0.25, 0.3) is 0 Å². The average molecular weight is 201 g/mol. The first-order valence-corrected chi connectivity index (χ1v) is 6.14. The fraction of sp³-hybridized carbons (Fsp3) is 0.571. The molecule has 0 spiro atoms. The van der Waals surface area contributed by atoms with Gasteiger partial charge >= 0.3 is 0 Å². The summed E-state index contributed by atoms with van der Waals surface area (Å²) >= 11 is 0. The molecule has 0 saturated heterocycles. The predicted octanol–water partition coefficient (Wildman–Crippen LogP) is 3.60. The molecule has 2 aliphatic rings. The second-order valence-corrected chi connectivity index (χ2v) is 5.30. The number of hydrogen-bond acceptors (Lipinski definition) is 1. The number of aryl methyl sites for hydroxylation is 1. The molecule has 0 heterocycles. The second-order valence-electron chi connectivity index (χ2n) is 5.30. The molecule has 2 saturated carbocycles. The number of benzene rings is 1. The van der Waals surface area contributed by atoms with E-state index in [1.165, 1.54) is 36.9 Å². The Morgan fingerprint density at radius 3 is 2.80 bits per heavy atom. The highest BCUT2D eigenvalue weighted by Crippen LogP contribution is 2.45. The van der Waals surface area contributed by atoms with Gasteiger partial charge in [-0.1, -0.05) is 18.6 Å². The first-order valence-electron chi connectivity index (χ1n) is 6.14. The van der Waals surface area contributed by atoms with Crippen LogP contribution < -0.4 is 5.32 Å². The van der Waals surface area contributed by atoms with E-state index in [-0.39, 0.29) is 0 Å². The molecule has 0 aliphatic heterocycles. The zero-order valence-corrected chi connectivity index (χ0v) is 9.37. The lowest BCUT2D eigenvalue weighted by Crippen LogP contribution is -2.25. The molecule has 2 aliphatic carbocycles. The van der Waals surface area contributed by atoms with Gasteiger partial charge in [-0.25, -0.2) is 0 Å². The smallest absolute Gasteiger partial charge is 0.0345 e. The molecule has 0 amide bonds. The number of fused-ring (bicyclic) bond motifs is 2. The quantitative estimate of drug-likeness (QED) is 0.771. The molecule has 1 heteroatoms. The Balaban J connectivity index is 1.71. The zero-order chi connectivity index (χ0) is 10.3. The highest BCUT2D eigenvalue weighted by atomic mass is 14.9. The van der Waals surface area contributed by atoms with Crippen molar-refractivity contribution < 1.29 is 0 Å². The zero-order valence-electron chi connectivity index (χ0n) is 9.37. The molecule has 0 unspecified atom stereocenters. The van der Waals surface area contributed by atoms with E-state index in [1.807, 2.05) is 0 Å². The van der Waals surface area contributed by atoms with E-state index in [4.69, 9.17) is 0 Å². The van der Waals surface area contributed by atoms with Crippen LogP contribution in [0, 0.1) is 18.8 Å². The minimum absolute atomic E-state index is 0.755. The van der Waals surface area contributed by atoms with Crippen molar-refractivity contribution in [3.8, 4) is 0 Å². The maximum absolute atomic E-state index is 3.71. The molecule has 2 fully saturated rings. The molecule has 15 heavy (non-hydrogen) atoms. The first-order chi connectivity index (χ1) is 7.31. The van der Waals surface area contributed by atoms with Gasteiger partial charge in [0, 0.05) is 11.7 Å². The van der Waals surface area contributed by atoms with Gasteiger partial charge in [0.1, 0.15) is 0 Å². The standard InChI is InChI=1S/C14H19N/c1-10-3-2-4-13(7-10)15-14-9-11-5-6-12(14)8-11/h2-4,7,11-12,14-15H,5-6,8-9H2,1H3/t11-,12-,14-/m0/s1. The van der Waals surface area contributed by atoms with Crippen molar-refractivity contribution in [2.75, 3.05) is 5.32 Å². The predicted molar refractivity (Wildman–Crippen MR) is 64.0 cm³/mol. The van der Waals surface area contributed by atoms with Crippen LogP contribution in [0.15, 0.2) is 24.3 Å². The van der Waals surface area contributed by atoms with Gasteiger partial charge in [-0.2, -0.15) is 0 Å². The lowest BCUT2D eigenvalue weighted by atomic mass is 9.95. The van der Waals surface area contributed by atoms with Crippen molar-refractivity contribution >= 4 is 5.69 Å². The van der Waals surface area contributed by atoms with Crippen LogP contribution in [0.25, 0.3) is 0 Å². The molecule has 1 nitrogen and oxygen atoms in total. The Hall–Kier alpha value is -0.980. The van der Waals surface area contributed by atoms with E-state index in [9.17, 15) is 0 Å². The Morgan fingerprint density at radius 2 is 2.13 bits per heavy atom. The summed E-state index contributed by atoms with van der Waals surface area (Å²) in [6.45, 7) is 2.16. The summed E-state index contributed by atoms with van der Waals surface area (Å²) in [4.78, 5) is 0. The molecule has 0 aromatic heterocycles. The van der Waals surface area contributed by atoms with Crippen LogP contribution in [0.1, 0.15) is 31.2 Å². The van der Waals surface area contributed by atoms with Crippen LogP contribution in [0.3, 0.4) is 0 Å². The maximum Gasteiger partial charge on any atom is 0.0345 e. The molecule has 3 atom stereocenters. The van der Waals surface area contributed by atoms with Crippen molar-refractivity contribution in [2.45, 2.75) is 38.6 Å². The summed E-state index contributed by atoms with van der Waals surface area (Å²) < 4.78 is 0. The Labute approximate surface area is 91.9 Å². The average Bonchev–Trinajstić information content (AvgIpc) is 2.79. The van der Waals surface area contributed by atoms with E-state index in [0.29, 0.717) is 0 Å². The van der Waals surface area contributed by atoms with E-state index < -0.39 is 0 Å². The van der Waals surface area contributed by atoms with Gasteiger partial charge in [0.15, 0.2) is 0 Å². The maximum atomic E-state index is 3.71. The summed E-state index contributed by atoms with van der Waals surface area (Å²) in [6, 6.07) is 9.51. The summed E-state index contributed by atoms with van der Waals surface area (Å²) in [5.41, 5.74) is 2.66. The third-order valence-corrected chi connectivity index (χ3v) is 4.11. The normalized spacial score (nSPS) is 33.3. The fourth-order valence-corrected chi connectivity index (χ4v) is 3.37. The van der Waals surface area contributed by atoms with Gasteiger partial charge in [-0.3, -0.25) is 0 Å². The second kappa shape index (κ2) is 3.55. The third-order valence-electron chi connectivity index (χ3n) is 4.11. The summed E-state index contributed by atoms with van der Waals surface area (Å²) in [5, 5.41) is 3.71. The highest BCUT2D eigenvalue weighted by molar-refractivity contribution is 5.46. The number of anilines is 1. The van der Waals surface area contributed by atoms with Crippen LogP contribution in [0.5, 0.6) is 0 Å². The van der Waals surface area contributed by atoms with E-state index >= 15 is 0 Å². The molecule has 0 radical (unpaired) electrons. The van der Waals surface area contributed by atoms with E-state index in [2.05, 4.69) is 36.5 Å². The summed E-state index contributed by atoms with van der Waals surface area (Å²) in [7, 11) is 0. The molecule has 1 aromatic carbocycles. The topological polar surface area (TPSA) is 12.0 Å². The number of nitrogens with one attached hydrogen (secondary N) is 1. The van der Waals surface area contributed by atoms with Crippen LogP contribution in [0.2, 0.25) is 0 Å². The van der Waals surface area contributed by atoms with Gasteiger partial charge in [0.2, 0.25) is 0 Å². The van der Waals surface area contributed by atoms with Crippen molar-refractivity contribution in [2.24, 2.45) is 11.8 Å². The molecule has 3 rings (SSSR count). The molecular weight excluding hydrogens is 182 g/mol. The Kier molecular flexibility index (Phi) is 2.19. The van der Waals surface area contributed by atoms with Crippen molar-refractivity contribution in [3.63, 3.8) is 0 Å². The summed E-state index contributed by atoms with van der Waals surface area (Å²) in [5.74, 6) is 1.98. The van der Waals surface area contributed by atoms with Crippen molar-refractivity contribution in [1.29, 1.82) is 0 Å². The highest BCUT2D eigenvalue weighted by Gasteiger charge is 2.39. The number of rotatable bonds is 2. The van der Waals surface area contributed by atoms with Gasteiger partial charge in [-0.05, 0) is 55.7 Å². The summed E-state index contributed by atoms with van der Waals surface area (Å²) in [6.07, 6.45) is 5.81. The largest absolute Gasteiger partial charge is 0.382 e. The lowest BCUT2D eigenvalue weighted by molar-refractivity contribution is 0.440. The van der Waals surface area contributed by atoms with Crippen LogP contribution in [-0.4, -0.2) is 6.04 Å². The Bertz CT molecular complexity index is 358. The van der Waals surface area contributed by atoms with Gasteiger partial charge < -0.3 is 5.32 Å². The molecule has 2 bridgehead atoms. The van der Waals surface area contributed by atoms with Crippen LogP contribution in [0.4, 0.5) is 5.69 Å². The van der Waals surface area contributed by atoms with E-state index in [1.54, 1.807) is 0 Å². The minimum Gasteiger partial charge on any atom is -0.382 e. The van der Waals surface area contributed by atoms with Crippen LogP contribution >= 0.6 is 0 Å². The minimum atomic E-state index is 0.755. The Morgan fingerprint density at radius 1 is 1.20 bits per heavy atom. The van der Waals surface area contributed by atoms with Crippen molar-refractivity contribution in [1.82, 2.24) is 0 Å². The van der Waals surface area contributed by atoms with Gasteiger partial charge in [-0.15, -0.1) is 0 Å². The SMILES string of the molecule is Cc1cccc(N[C@H]2C[C@H]3CC[C@H]2C3)c1. The molecule has 80 valence electrons. The monoisotopic (exact) mass is 201 g/mol. The first kappa shape index (κ1) is 9.26. The molecule has 1 N–H and O–H groups in total. The van der Waals surface area contributed by atoms with Crippen molar-refractivity contribution in [3.05, 3.63) is 29.8 Å². The third kappa shape index (κ3) is 1.75. The fourth-order valence-electron chi connectivity index (χ4n) is 3.37. The van der Waals surface area contributed by atoms with E-state index in [0.717, 1.165) is 17.9 Å². The molecule has 1 aromatic rings.